The molecular weight excluding hydrogens is 460 g/mol. The summed E-state index contributed by atoms with van der Waals surface area (Å²) in [6.07, 6.45) is 1.80. The van der Waals surface area contributed by atoms with Crippen LogP contribution in [0, 0.1) is 0 Å². The van der Waals surface area contributed by atoms with Crippen LogP contribution in [0.15, 0.2) is 69.6 Å². The number of carbonyl (C=O) groups excluding carboxylic acids is 1. The largest absolute Gasteiger partial charge is 0.494 e. The summed E-state index contributed by atoms with van der Waals surface area (Å²) in [6, 6.07) is 14.0. The summed E-state index contributed by atoms with van der Waals surface area (Å²) < 4.78 is 13.0. The third-order valence-corrected chi connectivity index (χ3v) is 6.43. The highest BCUT2D eigenvalue weighted by atomic mass is 35.5. The van der Waals surface area contributed by atoms with E-state index in [2.05, 4.69) is 4.99 Å². The Morgan fingerprint density at radius 1 is 1.12 bits per heavy atom. The van der Waals surface area contributed by atoms with Gasteiger partial charge in [0.1, 0.15) is 5.75 Å². The van der Waals surface area contributed by atoms with E-state index in [-0.39, 0.29) is 12.2 Å². The number of esters is 1. The Kier molecular flexibility index (Phi) is 6.81. The molecule has 1 aliphatic heterocycles. The average molecular weight is 483 g/mol. The minimum absolute atomic E-state index is 0.220. The maximum absolute atomic E-state index is 13.5. The summed E-state index contributed by atoms with van der Waals surface area (Å²) in [7, 11) is 0. The van der Waals surface area contributed by atoms with Gasteiger partial charge in [-0.15, -0.1) is 0 Å². The zero-order valence-electron chi connectivity index (χ0n) is 18.5. The Morgan fingerprint density at radius 2 is 1.82 bits per heavy atom. The SMILES string of the molecule is CCOC(=O)C1=C(C)N=c2s/c(=C\c3ccc(Cl)cc3)c(=O)n2[C@H]1c1ccc(OCC)cc1. The molecule has 1 aliphatic rings. The molecule has 0 radical (unpaired) electrons. The fraction of sp³-hybridized carbons (Fsp3) is 0.240. The van der Waals surface area contributed by atoms with Crippen molar-refractivity contribution in [1.82, 2.24) is 4.57 Å². The van der Waals surface area contributed by atoms with Gasteiger partial charge in [0, 0.05) is 5.02 Å². The number of halogens is 1. The van der Waals surface area contributed by atoms with Gasteiger partial charge in [0.2, 0.25) is 0 Å². The van der Waals surface area contributed by atoms with Crippen molar-refractivity contribution in [3.63, 3.8) is 0 Å². The van der Waals surface area contributed by atoms with Crippen LogP contribution in [0.5, 0.6) is 5.75 Å². The first-order valence-electron chi connectivity index (χ1n) is 10.6. The number of rotatable bonds is 6. The summed E-state index contributed by atoms with van der Waals surface area (Å²) in [6.45, 7) is 6.21. The van der Waals surface area contributed by atoms with Crippen molar-refractivity contribution < 1.29 is 14.3 Å². The summed E-state index contributed by atoms with van der Waals surface area (Å²) in [4.78, 5) is 31.6. The monoisotopic (exact) mass is 482 g/mol. The predicted octanol–water partition coefficient (Wildman–Crippen LogP) is 3.85. The van der Waals surface area contributed by atoms with Crippen LogP contribution < -0.4 is 19.6 Å². The number of hydrogen-bond acceptors (Lipinski definition) is 6. The summed E-state index contributed by atoms with van der Waals surface area (Å²) >= 11 is 7.27. The number of ether oxygens (including phenoxy) is 2. The molecule has 2 aromatic carbocycles. The predicted molar refractivity (Wildman–Crippen MR) is 129 cm³/mol. The topological polar surface area (TPSA) is 69.9 Å². The van der Waals surface area contributed by atoms with Crippen LogP contribution >= 0.6 is 22.9 Å². The third-order valence-electron chi connectivity index (χ3n) is 5.19. The molecule has 0 spiro atoms. The summed E-state index contributed by atoms with van der Waals surface area (Å²) in [5, 5.41) is 0.624. The van der Waals surface area contributed by atoms with Crippen LogP contribution in [-0.4, -0.2) is 23.8 Å². The maximum atomic E-state index is 13.5. The van der Waals surface area contributed by atoms with Crippen LogP contribution in [0.4, 0.5) is 0 Å². The zero-order chi connectivity index (χ0) is 23.5. The number of nitrogens with zero attached hydrogens (tertiary/aromatic N) is 2. The van der Waals surface area contributed by atoms with E-state index in [4.69, 9.17) is 21.1 Å². The Bertz CT molecular complexity index is 1390. The molecule has 1 atom stereocenters. The van der Waals surface area contributed by atoms with Crippen molar-refractivity contribution in [2.75, 3.05) is 13.2 Å². The summed E-state index contributed by atoms with van der Waals surface area (Å²) in [5.41, 5.74) is 2.29. The molecule has 170 valence electrons. The highest BCUT2D eigenvalue weighted by Crippen LogP contribution is 2.31. The van der Waals surface area contributed by atoms with Crippen LogP contribution in [0.1, 0.15) is 37.9 Å². The molecule has 3 aromatic rings. The fourth-order valence-electron chi connectivity index (χ4n) is 3.73. The van der Waals surface area contributed by atoms with E-state index >= 15 is 0 Å². The number of aromatic nitrogens is 1. The van der Waals surface area contributed by atoms with Crippen molar-refractivity contribution in [2.45, 2.75) is 26.8 Å². The lowest BCUT2D eigenvalue weighted by Gasteiger charge is -2.24. The molecule has 33 heavy (non-hydrogen) atoms. The molecule has 4 rings (SSSR count). The van der Waals surface area contributed by atoms with E-state index in [1.807, 2.05) is 43.3 Å². The molecule has 0 saturated carbocycles. The van der Waals surface area contributed by atoms with E-state index in [9.17, 15) is 9.59 Å². The molecule has 2 heterocycles. The van der Waals surface area contributed by atoms with Gasteiger partial charge >= 0.3 is 5.97 Å². The number of fused-ring (bicyclic) bond motifs is 1. The minimum Gasteiger partial charge on any atom is -0.494 e. The van der Waals surface area contributed by atoms with E-state index in [1.54, 1.807) is 36.6 Å². The van der Waals surface area contributed by atoms with Gasteiger partial charge in [-0.25, -0.2) is 9.79 Å². The highest BCUT2D eigenvalue weighted by Gasteiger charge is 2.33. The fourth-order valence-corrected chi connectivity index (χ4v) is 4.90. The van der Waals surface area contributed by atoms with Gasteiger partial charge in [0.05, 0.1) is 35.1 Å². The Morgan fingerprint density at radius 3 is 2.45 bits per heavy atom. The number of hydrogen-bond donors (Lipinski definition) is 0. The van der Waals surface area contributed by atoms with Crippen LogP contribution in [0.2, 0.25) is 5.02 Å². The van der Waals surface area contributed by atoms with Crippen molar-refractivity contribution in [1.29, 1.82) is 0 Å². The quantitative estimate of drug-likeness (QED) is 0.500. The van der Waals surface area contributed by atoms with Gasteiger partial charge in [-0.05, 0) is 62.2 Å². The zero-order valence-corrected chi connectivity index (χ0v) is 20.1. The highest BCUT2D eigenvalue weighted by molar-refractivity contribution is 7.07. The van der Waals surface area contributed by atoms with Gasteiger partial charge < -0.3 is 9.47 Å². The molecule has 0 N–H and O–H groups in total. The van der Waals surface area contributed by atoms with Gasteiger partial charge in [0.25, 0.3) is 5.56 Å². The van der Waals surface area contributed by atoms with Crippen molar-refractivity contribution in [3.05, 3.63) is 95.6 Å². The lowest BCUT2D eigenvalue weighted by molar-refractivity contribution is -0.139. The first kappa shape index (κ1) is 23.0. The van der Waals surface area contributed by atoms with Gasteiger partial charge in [-0.1, -0.05) is 47.2 Å². The Labute approximate surface area is 200 Å². The summed E-state index contributed by atoms with van der Waals surface area (Å²) in [5.74, 6) is 0.236. The van der Waals surface area contributed by atoms with E-state index in [0.717, 1.165) is 16.9 Å². The lowest BCUT2D eigenvalue weighted by Crippen LogP contribution is -2.39. The van der Waals surface area contributed by atoms with Gasteiger partial charge in [-0.2, -0.15) is 0 Å². The van der Waals surface area contributed by atoms with E-state index < -0.39 is 12.0 Å². The molecule has 6 nitrogen and oxygen atoms in total. The van der Waals surface area contributed by atoms with Crippen LogP contribution in [0.25, 0.3) is 6.08 Å². The van der Waals surface area contributed by atoms with Gasteiger partial charge in [-0.3, -0.25) is 9.36 Å². The molecular formula is C25H23ClN2O4S. The maximum Gasteiger partial charge on any atom is 0.338 e. The van der Waals surface area contributed by atoms with Crippen molar-refractivity contribution >= 4 is 35.0 Å². The molecule has 1 aromatic heterocycles. The first-order valence-corrected chi connectivity index (χ1v) is 11.8. The number of thiazole rings is 1. The third kappa shape index (κ3) is 4.65. The van der Waals surface area contributed by atoms with Crippen LogP contribution in [-0.2, 0) is 9.53 Å². The standard InChI is InChI=1S/C25H23ClN2O4S/c1-4-31-19-12-8-17(9-13-19)22-21(24(30)32-5-2)15(3)27-25-28(22)23(29)20(33-25)14-16-6-10-18(26)11-7-16/h6-14,22H,4-5H2,1-3H3/b20-14-/t22-/m0/s1. The van der Waals surface area contributed by atoms with Crippen LogP contribution in [0.3, 0.4) is 0 Å². The minimum atomic E-state index is -0.650. The average Bonchev–Trinajstić information content (AvgIpc) is 3.10. The van der Waals surface area contributed by atoms with E-state index in [1.165, 1.54) is 11.3 Å². The van der Waals surface area contributed by atoms with E-state index in [0.29, 0.717) is 32.2 Å². The molecule has 0 bridgehead atoms. The smallest absolute Gasteiger partial charge is 0.338 e. The molecule has 0 aliphatic carbocycles. The Balaban J connectivity index is 1.90. The second-order valence-electron chi connectivity index (χ2n) is 7.36. The number of allylic oxidation sites excluding steroid dienone is 1. The lowest BCUT2D eigenvalue weighted by atomic mass is 9.96. The second-order valence-corrected chi connectivity index (χ2v) is 8.80. The molecule has 0 fully saturated rings. The number of carbonyl (C=O) groups is 1. The van der Waals surface area contributed by atoms with Crippen molar-refractivity contribution in [2.24, 2.45) is 4.99 Å². The number of benzene rings is 2. The molecule has 0 amide bonds. The molecule has 8 heteroatoms. The first-order chi connectivity index (χ1) is 15.9. The molecule has 0 unspecified atom stereocenters. The van der Waals surface area contributed by atoms with Crippen molar-refractivity contribution in [3.8, 4) is 5.75 Å². The normalized spacial score (nSPS) is 15.8. The second kappa shape index (κ2) is 9.77. The Hall–Kier alpha value is -3.16. The van der Waals surface area contributed by atoms with Gasteiger partial charge in [0.15, 0.2) is 4.80 Å². The molecule has 0 saturated heterocycles.